The normalized spacial score (nSPS) is 23.7. The number of hydrazine groups is 1. The number of amides is 1. The number of fused-ring (bicyclic) bond motifs is 1. The van der Waals surface area contributed by atoms with E-state index < -0.39 is 0 Å². The molecule has 1 aromatic heterocycles. The van der Waals surface area contributed by atoms with E-state index in [1.807, 2.05) is 0 Å². The van der Waals surface area contributed by atoms with Crippen LogP contribution in [0.25, 0.3) is 10.6 Å². The van der Waals surface area contributed by atoms with Crippen LogP contribution in [0.2, 0.25) is 0 Å². The number of hydrogen-bond acceptors (Lipinski definition) is 9. The first-order valence-electron chi connectivity index (χ1n) is 9.22. The smallest absolute Gasteiger partial charge is 0.298 e. The van der Waals surface area contributed by atoms with Crippen LogP contribution in [0.5, 0.6) is 5.75 Å². The van der Waals surface area contributed by atoms with Gasteiger partial charge in [-0.1, -0.05) is 11.3 Å². The third-order valence-corrected chi connectivity index (χ3v) is 5.95. The van der Waals surface area contributed by atoms with Crippen LogP contribution in [-0.4, -0.2) is 41.2 Å². The lowest BCUT2D eigenvalue weighted by molar-refractivity contribution is -0.120. The van der Waals surface area contributed by atoms with Gasteiger partial charge in [0.25, 0.3) is 6.47 Å². The van der Waals surface area contributed by atoms with Crippen molar-refractivity contribution in [3.8, 4) is 16.3 Å². The van der Waals surface area contributed by atoms with Gasteiger partial charge in [-0.05, 0) is 37.3 Å². The van der Waals surface area contributed by atoms with E-state index in [0.717, 1.165) is 36.5 Å². The van der Waals surface area contributed by atoms with Crippen LogP contribution in [0.1, 0.15) is 26.2 Å². The summed E-state index contributed by atoms with van der Waals surface area (Å²) in [5.74, 6) is 0.761. The number of ether oxygens (including phenoxy) is 1. The van der Waals surface area contributed by atoms with E-state index in [1.54, 1.807) is 18.2 Å². The molecule has 0 spiro atoms. The largest absolute Gasteiger partial charge is 0.429 e. The highest BCUT2D eigenvalue weighted by atomic mass is 32.1. The quantitative estimate of drug-likeness (QED) is 0.540. The highest BCUT2D eigenvalue weighted by Gasteiger charge is 2.34. The van der Waals surface area contributed by atoms with E-state index >= 15 is 0 Å². The van der Waals surface area contributed by atoms with Gasteiger partial charge in [0.15, 0.2) is 0 Å². The van der Waals surface area contributed by atoms with Crippen molar-refractivity contribution in [3.63, 3.8) is 0 Å². The molecule has 10 heteroatoms. The zero-order valence-corrected chi connectivity index (χ0v) is 16.2. The number of anilines is 2. The van der Waals surface area contributed by atoms with Gasteiger partial charge in [-0.3, -0.25) is 20.4 Å². The summed E-state index contributed by atoms with van der Waals surface area (Å²) in [7, 11) is 0. The summed E-state index contributed by atoms with van der Waals surface area (Å²) in [6.45, 7) is 2.77. The maximum atomic E-state index is 11.4. The van der Waals surface area contributed by atoms with Crippen molar-refractivity contribution in [1.29, 1.82) is 0 Å². The second-order valence-corrected chi connectivity index (χ2v) is 8.08. The number of aromatic nitrogens is 2. The molecule has 2 heterocycles. The molecule has 1 amide bonds. The Morgan fingerprint density at radius 3 is 3.04 bits per heavy atom. The van der Waals surface area contributed by atoms with Crippen molar-refractivity contribution in [2.24, 2.45) is 5.92 Å². The number of nitrogens with one attached hydrogen (secondary N) is 4. The highest BCUT2D eigenvalue weighted by molar-refractivity contribution is 7.18. The lowest BCUT2D eigenvalue weighted by Crippen LogP contribution is -2.39. The van der Waals surface area contributed by atoms with Gasteiger partial charge in [0.05, 0.1) is 0 Å². The van der Waals surface area contributed by atoms with Crippen LogP contribution in [0.15, 0.2) is 18.2 Å². The molecule has 0 bridgehead atoms. The van der Waals surface area contributed by atoms with Crippen LogP contribution in [0.3, 0.4) is 0 Å². The molecule has 1 aliphatic carbocycles. The second kappa shape index (κ2) is 8.21. The fourth-order valence-electron chi connectivity index (χ4n) is 3.83. The minimum absolute atomic E-state index is 0.208. The van der Waals surface area contributed by atoms with Gasteiger partial charge in [0, 0.05) is 42.9 Å². The first-order valence-corrected chi connectivity index (χ1v) is 10.0. The Bertz CT molecular complexity index is 873. The zero-order valence-electron chi connectivity index (χ0n) is 15.4. The molecule has 1 saturated heterocycles. The van der Waals surface area contributed by atoms with Gasteiger partial charge in [-0.2, -0.15) is 0 Å². The van der Waals surface area contributed by atoms with Crippen molar-refractivity contribution >= 4 is 34.5 Å². The van der Waals surface area contributed by atoms with Crippen LogP contribution < -0.4 is 26.2 Å². The molecule has 2 fully saturated rings. The maximum absolute atomic E-state index is 11.4. The van der Waals surface area contributed by atoms with E-state index in [1.165, 1.54) is 18.3 Å². The van der Waals surface area contributed by atoms with E-state index in [0.29, 0.717) is 40.9 Å². The predicted molar refractivity (Wildman–Crippen MR) is 106 cm³/mol. The molecule has 1 aromatic carbocycles. The van der Waals surface area contributed by atoms with E-state index in [9.17, 15) is 9.59 Å². The van der Waals surface area contributed by atoms with Gasteiger partial charge >= 0.3 is 0 Å². The van der Waals surface area contributed by atoms with E-state index in [4.69, 9.17) is 4.74 Å². The SMILES string of the molecule is CC(=O)Nc1cc(OC=O)cc(-c2nnc(NC3CCC4NNCC4C3)s2)c1. The van der Waals surface area contributed by atoms with Crippen molar-refractivity contribution in [1.82, 2.24) is 21.0 Å². The van der Waals surface area contributed by atoms with Crippen molar-refractivity contribution in [2.75, 3.05) is 17.2 Å². The summed E-state index contributed by atoms with van der Waals surface area (Å²) in [6.07, 6.45) is 3.31. The van der Waals surface area contributed by atoms with Gasteiger partial charge in [0.1, 0.15) is 10.8 Å². The molecule has 3 atom stereocenters. The minimum Gasteiger partial charge on any atom is -0.429 e. The third kappa shape index (κ3) is 4.29. The summed E-state index contributed by atoms with van der Waals surface area (Å²) >= 11 is 1.44. The maximum Gasteiger partial charge on any atom is 0.298 e. The Kier molecular flexibility index (Phi) is 5.51. The van der Waals surface area contributed by atoms with Crippen molar-refractivity contribution in [2.45, 2.75) is 38.3 Å². The summed E-state index contributed by atoms with van der Waals surface area (Å²) in [4.78, 5) is 22.1. The molecule has 9 nitrogen and oxygen atoms in total. The van der Waals surface area contributed by atoms with Crippen LogP contribution in [-0.2, 0) is 9.59 Å². The standard InChI is InChI=1S/C18H22N6O3S/c1-10(26)20-14-4-11(6-15(7-14)27-9-25)17-23-24-18(28-17)21-13-2-3-16-12(5-13)8-19-22-16/h4,6-7,9,12-13,16,19,22H,2-3,5,8H2,1H3,(H,20,26)(H,21,24). The monoisotopic (exact) mass is 402 g/mol. The summed E-state index contributed by atoms with van der Waals surface area (Å²) < 4.78 is 4.96. The van der Waals surface area contributed by atoms with Gasteiger partial charge in [-0.25, -0.2) is 0 Å². The molecule has 2 aromatic rings. The zero-order chi connectivity index (χ0) is 19.5. The molecule has 1 aliphatic heterocycles. The molecule has 148 valence electrons. The molecule has 3 unspecified atom stereocenters. The average Bonchev–Trinajstić information content (AvgIpc) is 3.30. The number of rotatable bonds is 6. The Hall–Kier alpha value is -2.56. The van der Waals surface area contributed by atoms with Crippen molar-refractivity contribution < 1.29 is 14.3 Å². The molecule has 2 aliphatic rings. The molecular weight excluding hydrogens is 380 g/mol. The summed E-state index contributed by atoms with van der Waals surface area (Å²) in [6, 6.07) is 6.01. The number of hydrogen-bond donors (Lipinski definition) is 4. The molecule has 4 N–H and O–H groups in total. The summed E-state index contributed by atoms with van der Waals surface area (Å²) in [5.41, 5.74) is 7.83. The molecule has 1 saturated carbocycles. The molecular formula is C18H22N6O3S. The predicted octanol–water partition coefficient (Wildman–Crippen LogP) is 1.76. The Balaban J connectivity index is 1.49. The Morgan fingerprint density at radius 2 is 2.21 bits per heavy atom. The van der Waals surface area contributed by atoms with Gasteiger partial charge in [-0.15, -0.1) is 10.2 Å². The Morgan fingerprint density at radius 1 is 1.32 bits per heavy atom. The third-order valence-electron chi connectivity index (χ3n) is 5.04. The number of benzene rings is 1. The topological polar surface area (TPSA) is 117 Å². The average molecular weight is 402 g/mol. The molecule has 4 rings (SSSR count). The second-order valence-electron chi connectivity index (χ2n) is 7.10. The van der Waals surface area contributed by atoms with Crippen LogP contribution in [0, 0.1) is 5.92 Å². The highest BCUT2D eigenvalue weighted by Crippen LogP contribution is 2.34. The van der Waals surface area contributed by atoms with Crippen LogP contribution >= 0.6 is 11.3 Å². The first kappa shape index (κ1) is 18.8. The lowest BCUT2D eigenvalue weighted by Gasteiger charge is -2.30. The molecule has 0 radical (unpaired) electrons. The van der Waals surface area contributed by atoms with Gasteiger partial charge in [0.2, 0.25) is 11.0 Å². The van der Waals surface area contributed by atoms with Crippen molar-refractivity contribution in [3.05, 3.63) is 18.2 Å². The molecule has 28 heavy (non-hydrogen) atoms. The van der Waals surface area contributed by atoms with Gasteiger partial charge < -0.3 is 15.4 Å². The number of carbonyl (C=O) groups is 2. The van der Waals surface area contributed by atoms with E-state index in [-0.39, 0.29) is 5.91 Å². The fraction of sp³-hybridized carbons (Fsp3) is 0.444. The summed E-state index contributed by atoms with van der Waals surface area (Å²) in [5, 5.41) is 16.2. The number of carbonyl (C=O) groups excluding carboxylic acids is 2. The van der Waals surface area contributed by atoms with Crippen LogP contribution in [0.4, 0.5) is 10.8 Å². The van der Waals surface area contributed by atoms with E-state index in [2.05, 4.69) is 31.7 Å². The lowest BCUT2D eigenvalue weighted by atomic mass is 9.83. The first-order chi connectivity index (χ1) is 13.6. The Labute approximate surface area is 166 Å². The number of nitrogens with zero attached hydrogens (tertiary/aromatic N) is 2. The minimum atomic E-state index is -0.208. The fourth-order valence-corrected chi connectivity index (χ4v) is 4.63.